The minimum atomic E-state index is -0.480. The Hall–Kier alpha value is -1.71. The number of benzene rings is 1. The summed E-state index contributed by atoms with van der Waals surface area (Å²) in [6.07, 6.45) is 5.21. The van der Waals surface area contributed by atoms with Gasteiger partial charge in [-0.1, -0.05) is 18.9 Å². The van der Waals surface area contributed by atoms with Crippen LogP contribution in [0, 0.1) is 5.92 Å². The average Bonchev–Trinajstić information content (AvgIpc) is 2.80. The van der Waals surface area contributed by atoms with E-state index in [0.29, 0.717) is 11.3 Å². The van der Waals surface area contributed by atoms with Gasteiger partial charge in [0.05, 0.1) is 16.9 Å². The van der Waals surface area contributed by atoms with E-state index >= 15 is 0 Å². The summed E-state index contributed by atoms with van der Waals surface area (Å²) >= 11 is 0. The molecule has 1 aliphatic rings. The van der Waals surface area contributed by atoms with E-state index in [1.165, 1.54) is 25.7 Å². The fraction of sp³-hybridized carbons (Fsp3) is 0.462. The molecule has 0 heterocycles. The van der Waals surface area contributed by atoms with E-state index in [-0.39, 0.29) is 0 Å². The van der Waals surface area contributed by atoms with Crippen molar-refractivity contribution in [2.45, 2.75) is 25.7 Å². The molecule has 4 heteroatoms. The zero-order valence-corrected chi connectivity index (χ0v) is 9.91. The van der Waals surface area contributed by atoms with Crippen LogP contribution in [0.1, 0.15) is 36.0 Å². The fourth-order valence-corrected chi connectivity index (χ4v) is 2.40. The maximum Gasteiger partial charge on any atom is 0.250 e. The number of hydrogen-bond donors (Lipinski definition) is 3. The molecular formula is C13H19N3O. The molecule has 0 atom stereocenters. The summed E-state index contributed by atoms with van der Waals surface area (Å²) < 4.78 is 0. The Bertz CT molecular complexity index is 411. The maximum absolute atomic E-state index is 11.1. The molecule has 2 rings (SSSR count). The molecular weight excluding hydrogens is 214 g/mol. The van der Waals surface area contributed by atoms with Crippen molar-refractivity contribution < 1.29 is 4.79 Å². The first-order chi connectivity index (χ1) is 8.18. The summed E-state index contributed by atoms with van der Waals surface area (Å²) in [6.45, 7) is 0.923. The second-order valence-corrected chi connectivity index (χ2v) is 4.66. The zero-order valence-electron chi connectivity index (χ0n) is 9.91. The Balaban J connectivity index is 2.04. The molecule has 0 bridgehead atoms. The molecule has 1 saturated carbocycles. The second kappa shape index (κ2) is 5.08. The number of para-hydroxylation sites is 1. The minimum absolute atomic E-state index is 0.390. The number of primary amides is 1. The van der Waals surface area contributed by atoms with Crippen LogP contribution in [0.4, 0.5) is 11.4 Å². The van der Waals surface area contributed by atoms with Gasteiger partial charge in [-0.2, -0.15) is 0 Å². The molecule has 17 heavy (non-hydrogen) atoms. The quantitative estimate of drug-likeness (QED) is 0.695. The Morgan fingerprint density at radius 1 is 1.35 bits per heavy atom. The van der Waals surface area contributed by atoms with Gasteiger partial charge in [0.2, 0.25) is 0 Å². The Morgan fingerprint density at radius 3 is 2.71 bits per heavy atom. The van der Waals surface area contributed by atoms with Crippen LogP contribution in [0.25, 0.3) is 0 Å². The minimum Gasteiger partial charge on any atom is -0.396 e. The number of anilines is 2. The highest BCUT2D eigenvalue weighted by Gasteiger charge is 2.15. The molecule has 1 amide bonds. The monoisotopic (exact) mass is 233 g/mol. The van der Waals surface area contributed by atoms with Crippen molar-refractivity contribution in [3.63, 3.8) is 0 Å². The number of nitrogens with two attached hydrogens (primary N) is 2. The highest BCUT2D eigenvalue weighted by Crippen LogP contribution is 2.27. The molecule has 0 spiro atoms. The molecule has 92 valence electrons. The second-order valence-electron chi connectivity index (χ2n) is 4.66. The van der Waals surface area contributed by atoms with Gasteiger partial charge < -0.3 is 16.8 Å². The standard InChI is InChI=1S/C13H19N3O/c14-12-10(13(15)17)6-3-7-11(12)16-8-9-4-1-2-5-9/h3,6-7,9,16H,1-2,4-5,8,14H2,(H2,15,17). The Labute approximate surface area is 101 Å². The summed E-state index contributed by atoms with van der Waals surface area (Å²) in [5.41, 5.74) is 12.8. The first-order valence-electron chi connectivity index (χ1n) is 6.10. The number of carbonyl (C=O) groups is 1. The molecule has 1 aromatic rings. The number of rotatable bonds is 4. The number of hydrogen-bond acceptors (Lipinski definition) is 3. The van der Waals surface area contributed by atoms with Crippen LogP contribution in [-0.4, -0.2) is 12.5 Å². The predicted octanol–water partition coefficient (Wildman–Crippen LogP) is 1.97. The van der Waals surface area contributed by atoms with Gasteiger partial charge in [0.25, 0.3) is 5.91 Å². The lowest BCUT2D eigenvalue weighted by molar-refractivity contribution is 0.100. The molecule has 0 aromatic heterocycles. The number of amides is 1. The summed E-state index contributed by atoms with van der Waals surface area (Å²) in [5.74, 6) is 0.249. The first kappa shape index (κ1) is 11.8. The highest BCUT2D eigenvalue weighted by atomic mass is 16.1. The van der Waals surface area contributed by atoms with Gasteiger partial charge in [0.15, 0.2) is 0 Å². The van der Waals surface area contributed by atoms with Crippen LogP contribution in [0.2, 0.25) is 0 Å². The van der Waals surface area contributed by atoms with Gasteiger partial charge in [-0.25, -0.2) is 0 Å². The van der Waals surface area contributed by atoms with Crippen molar-refractivity contribution in [3.05, 3.63) is 23.8 Å². The third-order valence-corrected chi connectivity index (χ3v) is 3.43. The number of nitrogens with one attached hydrogen (secondary N) is 1. The third-order valence-electron chi connectivity index (χ3n) is 3.43. The summed E-state index contributed by atoms with van der Waals surface area (Å²) in [5, 5.41) is 3.32. The zero-order chi connectivity index (χ0) is 12.3. The summed E-state index contributed by atoms with van der Waals surface area (Å²) in [7, 11) is 0. The van der Waals surface area contributed by atoms with Gasteiger partial charge in [-0.15, -0.1) is 0 Å². The highest BCUT2D eigenvalue weighted by molar-refractivity contribution is 6.00. The topological polar surface area (TPSA) is 81.1 Å². The molecule has 0 saturated heterocycles. The van der Waals surface area contributed by atoms with Crippen molar-refractivity contribution in [1.82, 2.24) is 0 Å². The normalized spacial score (nSPS) is 16.0. The number of nitrogen functional groups attached to an aromatic ring is 1. The molecule has 0 radical (unpaired) electrons. The van der Waals surface area contributed by atoms with Gasteiger partial charge in [-0.3, -0.25) is 4.79 Å². The van der Waals surface area contributed by atoms with E-state index in [2.05, 4.69) is 5.32 Å². The van der Waals surface area contributed by atoms with E-state index in [4.69, 9.17) is 11.5 Å². The lowest BCUT2D eigenvalue weighted by Crippen LogP contribution is -2.16. The van der Waals surface area contributed by atoms with Crippen LogP contribution in [0.5, 0.6) is 0 Å². The largest absolute Gasteiger partial charge is 0.396 e. The Morgan fingerprint density at radius 2 is 2.06 bits per heavy atom. The smallest absolute Gasteiger partial charge is 0.250 e. The summed E-state index contributed by atoms with van der Waals surface area (Å²) in [4.78, 5) is 11.1. The van der Waals surface area contributed by atoms with Crippen molar-refractivity contribution in [1.29, 1.82) is 0 Å². The van der Waals surface area contributed by atoms with E-state index < -0.39 is 5.91 Å². The van der Waals surface area contributed by atoms with Gasteiger partial charge in [0.1, 0.15) is 0 Å². The van der Waals surface area contributed by atoms with Gasteiger partial charge in [0, 0.05) is 6.54 Å². The maximum atomic E-state index is 11.1. The van der Waals surface area contributed by atoms with Crippen LogP contribution >= 0.6 is 0 Å². The van der Waals surface area contributed by atoms with E-state index in [0.717, 1.165) is 18.2 Å². The van der Waals surface area contributed by atoms with Crippen molar-refractivity contribution in [3.8, 4) is 0 Å². The first-order valence-corrected chi connectivity index (χ1v) is 6.10. The van der Waals surface area contributed by atoms with Gasteiger partial charge >= 0.3 is 0 Å². The lowest BCUT2D eigenvalue weighted by Gasteiger charge is -2.14. The van der Waals surface area contributed by atoms with Gasteiger partial charge in [-0.05, 0) is 30.9 Å². The molecule has 0 unspecified atom stereocenters. The van der Waals surface area contributed by atoms with Crippen molar-refractivity contribution >= 4 is 17.3 Å². The molecule has 1 fully saturated rings. The molecule has 1 aliphatic carbocycles. The fourth-order valence-electron chi connectivity index (χ4n) is 2.40. The number of carbonyl (C=O) groups excluding carboxylic acids is 1. The third kappa shape index (κ3) is 2.70. The predicted molar refractivity (Wildman–Crippen MR) is 69.8 cm³/mol. The van der Waals surface area contributed by atoms with E-state index in [1.54, 1.807) is 12.1 Å². The van der Waals surface area contributed by atoms with E-state index in [9.17, 15) is 4.79 Å². The average molecular weight is 233 g/mol. The molecule has 0 aliphatic heterocycles. The lowest BCUT2D eigenvalue weighted by atomic mass is 10.1. The van der Waals surface area contributed by atoms with Crippen LogP contribution in [-0.2, 0) is 0 Å². The SMILES string of the molecule is NC(=O)c1cccc(NCC2CCCC2)c1N. The van der Waals surface area contributed by atoms with E-state index in [1.807, 2.05) is 6.07 Å². The molecule has 1 aromatic carbocycles. The summed E-state index contributed by atoms with van der Waals surface area (Å²) in [6, 6.07) is 5.34. The van der Waals surface area contributed by atoms with Crippen LogP contribution in [0.15, 0.2) is 18.2 Å². The van der Waals surface area contributed by atoms with Crippen LogP contribution in [0.3, 0.4) is 0 Å². The molecule has 4 nitrogen and oxygen atoms in total. The van der Waals surface area contributed by atoms with Crippen molar-refractivity contribution in [2.24, 2.45) is 11.7 Å². The van der Waals surface area contributed by atoms with Crippen LogP contribution < -0.4 is 16.8 Å². The molecule has 5 N–H and O–H groups in total. The van der Waals surface area contributed by atoms with Crippen molar-refractivity contribution in [2.75, 3.05) is 17.6 Å². The Kier molecular flexibility index (Phi) is 3.52.